The maximum atomic E-state index is 12.3. The number of carbonyl (C=O) groups is 1. The van der Waals surface area contributed by atoms with Crippen LogP contribution in [0.2, 0.25) is 0 Å². The lowest BCUT2D eigenvalue weighted by Crippen LogP contribution is -2.40. The third-order valence-corrected chi connectivity index (χ3v) is 5.86. The molecule has 0 saturated heterocycles. The van der Waals surface area contributed by atoms with Gasteiger partial charge in [-0.15, -0.1) is 11.3 Å². The molecule has 0 aliphatic heterocycles. The molecule has 2 rings (SSSR count). The predicted molar refractivity (Wildman–Crippen MR) is 79.6 cm³/mol. The van der Waals surface area contributed by atoms with Gasteiger partial charge >= 0.3 is 0 Å². The maximum Gasteiger partial charge on any atom is 0.223 e. The Hall–Kier alpha value is -0.350. The van der Waals surface area contributed by atoms with Crippen LogP contribution >= 0.6 is 27.3 Å². The summed E-state index contributed by atoms with van der Waals surface area (Å²) in [6, 6.07) is 2.02. The van der Waals surface area contributed by atoms with E-state index < -0.39 is 0 Å². The number of hydrogen-bond donors (Lipinski definition) is 1. The Balaban J connectivity index is 1.93. The summed E-state index contributed by atoms with van der Waals surface area (Å²) in [7, 11) is 0. The van der Waals surface area contributed by atoms with Gasteiger partial charge in [-0.2, -0.15) is 0 Å². The summed E-state index contributed by atoms with van der Waals surface area (Å²) in [5.74, 6) is 0.394. The van der Waals surface area contributed by atoms with Crippen LogP contribution in [0.5, 0.6) is 0 Å². The summed E-state index contributed by atoms with van der Waals surface area (Å²) in [5.41, 5.74) is 0.148. The zero-order valence-electron chi connectivity index (χ0n) is 11.0. The third kappa shape index (κ3) is 3.15. The molecule has 2 nitrogen and oxygen atoms in total. The zero-order valence-corrected chi connectivity index (χ0v) is 13.4. The van der Waals surface area contributed by atoms with Crippen molar-refractivity contribution in [2.45, 2.75) is 46.1 Å². The van der Waals surface area contributed by atoms with Gasteiger partial charge in [0.15, 0.2) is 0 Å². The second-order valence-electron chi connectivity index (χ2n) is 5.70. The van der Waals surface area contributed by atoms with Crippen LogP contribution < -0.4 is 5.32 Å². The van der Waals surface area contributed by atoms with Crippen molar-refractivity contribution in [1.82, 2.24) is 5.32 Å². The van der Waals surface area contributed by atoms with Crippen LogP contribution in [0.3, 0.4) is 0 Å². The van der Waals surface area contributed by atoms with E-state index in [2.05, 4.69) is 35.1 Å². The Labute approximate surface area is 121 Å². The SMILES string of the molecule is CC1(C)CCCCC1C(=O)NCc1sccc1Br. The first kappa shape index (κ1) is 14.1. The topological polar surface area (TPSA) is 29.1 Å². The summed E-state index contributed by atoms with van der Waals surface area (Å²) in [6.07, 6.45) is 4.63. The van der Waals surface area contributed by atoms with E-state index in [9.17, 15) is 4.79 Å². The molecule has 1 unspecified atom stereocenters. The fraction of sp³-hybridized carbons (Fsp3) is 0.643. The molecule has 1 fully saturated rings. The van der Waals surface area contributed by atoms with Gasteiger partial charge in [0.25, 0.3) is 0 Å². The van der Waals surface area contributed by atoms with Crippen molar-refractivity contribution in [2.75, 3.05) is 0 Å². The third-order valence-electron chi connectivity index (χ3n) is 3.94. The van der Waals surface area contributed by atoms with Gasteiger partial charge in [0.2, 0.25) is 5.91 Å². The molecular weight excluding hydrogens is 310 g/mol. The van der Waals surface area contributed by atoms with Crippen molar-refractivity contribution < 1.29 is 4.79 Å². The van der Waals surface area contributed by atoms with Crippen LogP contribution in [-0.2, 0) is 11.3 Å². The van der Waals surface area contributed by atoms with E-state index in [0.29, 0.717) is 6.54 Å². The molecule has 4 heteroatoms. The van der Waals surface area contributed by atoms with Gasteiger partial charge in [-0.05, 0) is 45.6 Å². The van der Waals surface area contributed by atoms with Crippen molar-refractivity contribution in [3.05, 3.63) is 20.8 Å². The minimum atomic E-state index is 0.148. The molecule has 1 aromatic heterocycles. The highest BCUT2D eigenvalue weighted by molar-refractivity contribution is 9.10. The lowest BCUT2D eigenvalue weighted by molar-refractivity contribution is -0.130. The van der Waals surface area contributed by atoms with E-state index in [0.717, 1.165) is 17.3 Å². The molecule has 18 heavy (non-hydrogen) atoms. The van der Waals surface area contributed by atoms with Crippen molar-refractivity contribution in [1.29, 1.82) is 0 Å². The van der Waals surface area contributed by atoms with Crippen LogP contribution in [0.25, 0.3) is 0 Å². The van der Waals surface area contributed by atoms with E-state index in [1.165, 1.54) is 17.7 Å². The van der Waals surface area contributed by atoms with Crippen LogP contribution in [0.1, 0.15) is 44.4 Å². The molecule has 1 N–H and O–H groups in total. The minimum Gasteiger partial charge on any atom is -0.351 e. The molecule has 1 aromatic rings. The first-order valence-corrected chi connectivity index (χ1v) is 8.17. The Bertz CT molecular complexity index is 427. The molecule has 100 valence electrons. The highest BCUT2D eigenvalue weighted by Gasteiger charge is 2.36. The van der Waals surface area contributed by atoms with Gasteiger partial charge < -0.3 is 5.32 Å². The monoisotopic (exact) mass is 329 g/mol. The fourth-order valence-electron chi connectivity index (χ4n) is 2.72. The number of nitrogens with one attached hydrogen (secondary N) is 1. The van der Waals surface area contributed by atoms with Crippen LogP contribution in [0.15, 0.2) is 15.9 Å². The Morgan fingerprint density at radius 2 is 2.33 bits per heavy atom. The van der Waals surface area contributed by atoms with Gasteiger partial charge in [-0.25, -0.2) is 0 Å². The number of thiophene rings is 1. The van der Waals surface area contributed by atoms with Gasteiger partial charge in [-0.3, -0.25) is 4.79 Å². The molecule has 1 amide bonds. The first-order valence-electron chi connectivity index (χ1n) is 6.50. The van der Waals surface area contributed by atoms with Gasteiger partial charge in [0, 0.05) is 15.3 Å². The van der Waals surface area contributed by atoms with Crippen molar-refractivity contribution >= 4 is 33.2 Å². The summed E-state index contributed by atoms with van der Waals surface area (Å²) in [6.45, 7) is 5.08. The number of hydrogen-bond acceptors (Lipinski definition) is 2. The Kier molecular flexibility index (Phi) is 4.49. The highest BCUT2D eigenvalue weighted by Crippen LogP contribution is 2.40. The van der Waals surface area contributed by atoms with Crippen molar-refractivity contribution in [3.63, 3.8) is 0 Å². The number of halogens is 1. The van der Waals surface area contributed by atoms with E-state index in [1.807, 2.05) is 11.4 Å². The molecule has 1 atom stereocenters. The Morgan fingerprint density at radius 1 is 1.56 bits per heavy atom. The fourth-order valence-corrected chi connectivity index (χ4v) is 4.15. The summed E-state index contributed by atoms with van der Waals surface area (Å²) in [4.78, 5) is 13.5. The average Bonchev–Trinajstić information content (AvgIpc) is 2.71. The number of amides is 1. The molecule has 0 radical (unpaired) electrons. The summed E-state index contributed by atoms with van der Waals surface area (Å²) >= 11 is 5.17. The summed E-state index contributed by atoms with van der Waals surface area (Å²) in [5, 5.41) is 5.13. The number of rotatable bonds is 3. The molecule has 1 aliphatic carbocycles. The predicted octanol–water partition coefficient (Wildman–Crippen LogP) is 4.34. The first-order chi connectivity index (χ1) is 8.50. The van der Waals surface area contributed by atoms with E-state index >= 15 is 0 Å². The Morgan fingerprint density at radius 3 is 2.94 bits per heavy atom. The van der Waals surface area contributed by atoms with Crippen LogP contribution in [0, 0.1) is 11.3 Å². The average molecular weight is 330 g/mol. The lowest BCUT2D eigenvalue weighted by Gasteiger charge is -2.37. The quantitative estimate of drug-likeness (QED) is 0.877. The second-order valence-corrected chi connectivity index (χ2v) is 7.55. The molecule has 1 saturated carbocycles. The molecule has 0 aromatic carbocycles. The van der Waals surface area contributed by atoms with E-state index in [-0.39, 0.29) is 17.2 Å². The summed E-state index contributed by atoms with van der Waals surface area (Å²) < 4.78 is 1.09. The van der Waals surface area contributed by atoms with Crippen LogP contribution in [-0.4, -0.2) is 5.91 Å². The molecule has 0 spiro atoms. The standard InChI is InChI=1S/C14H20BrNOS/c1-14(2)7-4-3-5-10(14)13(17)16-9-12-11(15)6-8-18-12/h6,8,10H,3-5,7,9H2,1-2H3,(H,16,17). The largest absolute Gasteiger partial charge is 0.351 e. The highest BCUT2D eigenvalue weighted by atomic mass is 79.9. The zero-order chi connectivity index (χ0) is 13.2. The molecule has 0 bridgehead atoms. The van der Waals surface area contributed by atoms with E-state index in [1.54, 1.807) is 11.3 Å². The van der Waals surface area contributed by atoms with Gasteiger partial charge in [-0.1, -0.05) is 26.7 Å². The van der Waals surface area contributed by atoms with E-state index in [4.69, 9.17) is 0 Å². The van der Waals surface area contributed by atoms with Crippen molar-refractivity contribution in [3.8, 4) is 0 Å². The van der Waals surface area contributed by atoms with Gasteiger partial charge in [0.1, 0.15) is 0 Å². The molecule has 1 aliphatic rings. The lowest BCUT2D eigenvalue weighted by atomic mass is 9.68. The molecular formula is C14H20BrNOS. The minimum absolute atomic E-state index is 0.148. The smallest absolute Gasteiger partial charge is 0.223 e. The number of carbonyl (C=O) groups excluding carboxylic acids is 1. The molecule has 1 heterocycles. The maximum absolute atomic E-state index is 12.3. The van der Waals surface area contributed by atoms with Gasteiger partial charge in [0.05, 0.1) is 6.54 Å². The van der Waals surface area contributed by atoms with Crippen molar-refractivity contribution in [2.24, 2.45) is 11.3 Å². The second kappa shape index (κ2) is 5.74. The van der Waals surface area contributed by atoms with Crippen LogP contribution in [0.4, 0.5) is 0 Å². The normalized spacial score (nSPS) is 22.7.